The van der Waals surface area contributed by atoms with Gasteiger partial charge in [-0.1, -0.05) is 13.3 Å². The third kappa shape index (κ3) is 3.87. The lowest BCUT2D eigenvalue weighted by Crippen LogP contribution is -2.47. The second-order valence-corrected chi connectivity index (χ2v) is 9.09. The highest BCUT2D eigenvalue weighted by Crippen LogP contribution is 2.35. The zero-order chi connectivity index (χ0) is 19.6. The van der Waals surface area contributed by atoms with Gasteiger partial charge in [0.25, 0.3) is 0 Å². The van der Waals surface area contributed by atoms with Crippen LogP contribution in [0.5, 0.6) is 0 Å². The minimum atomic E-state index is -3.52. The minimum Gasteiger partial charge on any atom is -0.354 e. The standard InChI is InChI=1S/C19H27N3O4S/c1-3-4-9-20-19(24)18-13-15-12-16(7-8-17(15)22(18)14(2)23)27(25,26)21-10-5-6-11-21/h7-8,12,18H,3-6,9-11,13H2,1-2H3,(H,20,24)/t18-/m0/s1. The molecular formula is C19H27N3O4S. The van der Waals surface area contributed by atoms with Crippen LogP contribution in [-0.2, 0) is 26.0 Å². The molecule has 2 aliphatic heterocycles. The van der Waals surface area contributed by atoms with E-state index < -0.39 is 16.1 Å². The van der Waals surface area contributed by atoms with Crippen LogP contribution >= 0.6 is 0 Å². The van der Waals surface area contributed by atoms with Crippen molar-refractivity contribution in [2.24, 2.45) is 0 Å². The first-order valence-corrected chi connectivity index (χ1v) is 11.0. The van der Waals surface area contributed by atoms with Crippen LogP contribution in [0.2, 0.25) is 0 Å². The highest BCUT2D eigenvalue weighted by molar-refractivity contribution is 7.89. The van der Waals surface area contributed by atoms with Gasteiger partial charge in [0.2, 0.25) is 21.8 Å². The monoisotopic (exact) mass is 393 g/mol. The fraction of sp³-hybridized carbons (Fsp3) is 0.579. The smallest absolute Gasteiger partial charge is 0.243 e. The fourth-order valence-corrected chi connectivity index (χ4v) is 5.34. The van der Waals surface area contributed by atoms with Gasteiger partial charge in [-0.25, -0.2) is 8.42 Å². The molecule has 1 atom stereocenters. The van der Waals surface area contributed by atoms with Crippen molar-refractivity contribution < 1.29 is 18.0 Å². The SMILES string of the molecule is CCCCNC(=O)[C@@H]1Cc2cc(S(=O)(=O)N3CCCC3)ccc2N1C(C)=O. The molecule has 0 aromatic heterocycles. The lowest BCUT2D eigenvalue weighted by Gasteiger charge is -2.23. The Balaban J connectivity index is 1.86. The largest absolute Gasteiger partial charge is 0.354 e. The van der Waals surface area contributed by atoms with Gasteiger partial charge in [0.15, 0.2) is 0 Å². The van der Waals surface area contributed by atoms with Crippen molar-refractivity contribution >= 4 is 27.5 Å². The molecule has 3 rings (SSSR count). The maximum Gasteiger partial charge on any atom is 0.243 e. The molecule has 1 aromatic rings. The Morgan fingerprint density at radius 1 is 1.22 bits per heavy atom. The number of hydrogen-bond acceptors (Lipinski definition) is 4. The van der Waals surface area contributed by atoms with Crippen molar-refractivity contribution in [1.29, 1.82) is 0 Å². The molecule has 0 saturated carbocycles. The Bertz CT molecular complexity index is 831. The van der Waals surface area contributed by atoms with Crippen molar-refractivity contribution in [3.63, 3.8) is 0 Å². The van der Waals surface area contributed by atoms with Crippen LogP contribution in [0.1, 0.15) is 45.1 Å². The van der Waals surface area contributed by atoms with E-state index >= 15 is 0 Å². The number of carbonyl (C=O) groups is 2. The average Bonchev–Trinajstić information content (AvgIpc) is 3.29. The number of nitrogens with one attached hydrogen (secondary N) is 1. The van der Waals surface area contributed by atoms with Gasteiger partial charge in [0.1, 0.15) is 6.04 Å². The van der Waals surface area contributed by atoms with Crippen molar-refractivity contribution in [3.05, 3.63) is 23.8 Å². The summed E-state index contributed by atoms with van der Waals surface area (Å²) in [5.41, 5.74) is 1.35. The predicted octanol–water partition coefficient (Wildman–Crippen LogP) is 1.66. The Morgan fingerprint density at radius 3 is 2.56 bits per heavy atom. The Kier molecular flexibility index (Phi) is 5.86. The fourth-order valence-electron chi connectivity index (χ4n) is 3.77. The third-order valence-corrected chi connectivity index (χ3v) is 7.10. The Hall–Kier alpha value is -1.93. The molecule has 0 radical (unpaired) electrons. The number of amides is 2. The van der Waals surface area contributed by atoms with E-state index in [2.05, 4.69) is 5.32 Å². The van der Waals surface area contributed by atoms with E-state index in [1.807, 2.05) is 6.92 Å². The van der Waals surface area contributed by atoms with Crippen LogP contribution in [0, 0.1) is 0 Å². The first-order chi connectivity index (χ1) is 12.9. The molecule has 1 saturated heterocycles. The van der Waals surface area contributed by atoms with E-state index in [4.69, 9.17) is 0 Å². The first kappa shape index (κ1) is 19.8. The van der Waals surface area contributed by atoms with E-state index in [9.17, 15) is 18.0 Å². The van der Waals surface area contributed by atoms with Crippen molar-refractivity contribution in [1.82, 2.24) is 9.62 Å². The lowest BCUT2D eigenvalue weighted by molar-refractivity contribution is -0.125. The van der Waals surface area contributed by atoms with Crippen molar-refractivity contribution in [2.75, 3.05) is 24.5 Å². The number of carbonyl (C=O) groups excluding carboxylic acids is 2. The van der Waals surface area contributed by atoms with Crippen LogP contribution in [0.3, 0.4) is 0 Å². The molecule has 8 heteroatoms. The van der Waals surface area contributed by atoms with Gasteiger partial charge < -0.3 is 5.32 Å². The second kappa shape index (κ2) is 7.98. The topological polar surface area (TPSA) is 86.8 Å². The zero-order valence-corrected chi connectivity index (χ0v) is 16.7. The van der Waals surface area contributed by atoms with E-state index in [1.54, 1.807) is 18.2 Å². The highest BCUT2D eigenvalue weighted by Gasteiger charge is 2.38. The number of sulfonamides is 1. The van der Waals surface area contributed by atoms with Gasteiger partial charge in [-0.3, -0.25) is 14.5 Å². The number of nitrogens with zero attached hydrogens (tertiary/aromatic N) is 2. The second-order valence-electron chi connectivity index (χ2n) is 7.16. The molecule has 2 amide bonds. The lowest BCUT2D eigenvalue weighted by atomic mass is 10.1. The molecular weight excluding hydrogens is 366 g/mol. The van der Waals surface area contributed by atoms with Gasteiger partial charge >= 0.3 is 0 Å². The number of rotatable bonds is 6. The molecule has 148 valence electrons. The van der Waals surface area contributed by atoms with Crippen molar-refractivity contribution in [2.45, 2.75) is 56.9 Å². The molecule has 1 N–H and O–H groups in total. The summed E-state index contributed by atoms with van der Waals surface area (Å²) in [5, 5.41) is 2.88. The molecule has 2 heterocycles. The van der Waals surface area contributed by atoms with E-state index in [-0.39, 0.29) is 16.7 Å². The number of benzene rings is 1. The van der Waals surface area contributed by atoms with E-state index in [0.717, 1.165) is 31.2 Å². The molecule has 1 aromatic carbocycles. The number of anilines is 1. The summed E-state index contributed by atoms with van der Waals surface area (Å²) in [6.07, 6.45) is 3.93. The van der Waals surface area contributed by atoms with Crippen LogP contribution in [0.25, 0.3) is 0 Å². The molecule has 0 unspecified atom stereocenters. The molecule has 7 nitrogen and oxygen atoms in total. The molecule has 0 aliphatic carbocycles. The zero-order valence-electron chi connectivity index (χ0n) is 15.9. The van der Waals surface area contributed by atoms with Crippen LogP contribution < -0.4 is 10.2 Å². The number of unbranched alkanes of at least 4 members (excludes halogenated alkanes) is 1. The summed E-state index contributed by atoms with van der Waals surface area (Å²) in [5.74, 6) is -0.418. The summed E-state index contributed by atoms with van der Waals surface area (Å²) in [4.78, 5) is 26.4. The van der Waals surface area contributed by atoms with Gasteiger partial charge in [0, 0.05) is 38.7 Å². The van der Waals surface area contributed by atoms with Crippen LogP contribution in [-0.4, -0.2) is 50.2 Å². The van der Waals surface area contributed by atoms with Crippen molar-refractivity contribution in [3.8, 4) is 0 Å². The summed E-state index contributed by atoms with van der Waals surface area (Å²) in [6, 6.07) is 4.19. The number of hydrogen-bond donors (Lipinski definition) is 1. The third-order valence-electron chi connectivity index (χ3n) is 5.21. The van der Waals surface area contributed by atoms with Crippen LogP contribution in [0.4, 0.5) is 5.69 Å². The highest BCUT2D eigenvalue weighted by atomic mass is 32.2. The summed E-state index contributed by atoms with van der Waals surface area (Å²) >= 11 is 0. The normalized spacial score (nSPS) is 19.9. The molecule has 1 fully saturated rings. The van der Waals surface area contributed by atoms with Crippen LogP contribution in [0.15, 0.2) is 23.1 Å². The Labute approximate surface area is 160 Å². The van der Waals surface area contributed by atoms with E-state index in [0.29, 0.717) is 31.7 Å². The van der Waals surface area contributed by atoms with Gasteiger partial charge in [-0.2, -0.15) is 4.31 Å². The predicted molar refractivity (Wildman–Crippen MR) is 103 cm³/mol. The molecule has 0 spiro atoms. The summed E-state index contributed by atoms with van der Waals surface area (Å²) in [6.45, 7) is 5.13. The quantitative estimate of drug-likeness (QED) is 0.745. The van der Waals surface area contributed by atoms with Gasteiger partial charge in [-0.05, 0) is 43.0 Å². The minimum absolute atomic E-state index is 0.196. The molecule has 0 bridgehead atoms. The van der Waals surface area contributed by atoms with E-state index in [1.165, 1.54) is 16.1 Å². The summed E-state index contributed by atoms with van der Waals surface area (Å²) in [7, 11) is -3.52. The first-order valence-electron chi connectivity index (χ1n) is 9.57. The maximum atomic E-state index is 12.8. The average molecular weight is 394 g/mol. The van der Waals surface area contributed by atoms with Gasteiger partial charge in [-0.15, -0.1) is 0 Å². The molecule has 2 aliphatic rings. The maximum absolute atomic E-state index is 12.8. The number of fused-ring (bicyclic) bond motifs is 1. The summed E-state index contributed by atoms with van der Waals surface area (Å²) < 4.78 is 27.1. The Morgan fingerprint density at radius 2 is 1.93 bits per heavy atom. The molecule has 27 heavy (non-hydrogen) atoms. The van der Waals surface area contributed by atoms with Gasteiger partial charge in [0.05, 0.1) is 4.90 Å².